The molecule has 3 aromatic rings. The smallest absolute Gasteiger partial charge is 0.223 e. The zero-order chi connectivity index (χ0) is 11.7. The van der Waals surface area contributed by atoms with Crippen molar-refractivity contribution in [3.05, 3.63) is 53.8 Å². The van der Waals surface area contributed by atoms with Crippen LogP contribution in [0.3, 0.4) is 0 Å². The second kappa shape index (κ2) is 4.07. The van der Waals surface area contributed by atoms with E-state index in [2.05, 4.69) is 10.1 Å². The second-order valence-corrected chi connectivity index (χ2v) is 3.82. The molecule has 84 valence electrons. The van der Waals surface area contributed by atoms with Gasteiger partial charge in [0, 0.05) is 18.3 Å². The Labute approximate surface area is 102 Å². The molecule has 0 fully saturated rings. The number of aromatic nitrogens is 3. The lowest BCUT2D eigenvalue weighted by atomic mass is 10.3. The van der Waals surface area contributed by atoms with Crippen LogP contribution in [-0.2, 0) is 0 Å². The van der Waals surface area contributed by atoms with Crippen LogP contribution in [0.2, 0.25) is 5.02 Å². The molecule has 0 saturated carbocycles. The maximum Gasteiger partial charge on any atom is 0.223 e. The van der Waals surface area contributed by atoms with E-state index < -0.39 is 0 Å². The molecule has 4 nitrogen and oxygen atoms in total. The Morgan fingerprint density at radius 3 is 2.82 bits per heavy atom. The average molecular weight is 246 g/mol. The van der Waals surface area contributed by atoms with Crippen molar-refractivity contribution >= 4 is 17.2 Å². The van der Waals surface area contributed by atoms with Crippen molar-refractivity contribution in [3.63, 3.8) is 0 Å². The monoisotopic (exact) mass is 245 g/mol. The van der Waals surface area contributed by atoms with Gasteiger partial charge in [-0.1, -0.05) is 23.7 Å². The number of benzene rings is 1. The molecule has 5 heteroatoms. The maximum absolute atomic E-state index is 6.03. The number of rotatable bonds is 2. The fourth-order valence-corrected chi connectivity index (χ4v) is 1.70. The highest BCUT2D eigenvalue weighted by atomic mass is 35.5. The topological polar surface area (TPSA) is 39.4 Å². The summed E-state index contributed by atoms with van der Waals surface area (Å²) in [5.74, 6) is 1.17. The molecule has 17 heavy (non-hydrogen) atoms. The van der Waals surface area contributed by atoms with Gasteiger partial charge in [0.1, 0.15) is 5.75 Å². The lowest BCUT2D eigenvalue weighted by Crippen LogP contribution is -1.96. The number of para-hydroxylation sites is 1. The largest absolute Gasteiger partial charge is 0.437 e. The second-order valence-electron chi connectivity index (χ2n) is 3.42. The number of hydrogen-bond acceptors (Lipinski definition) is 3. The van der Waals surface area contributed by atoms with E-state index in [0.717, 1.165) is 5.65 Å². The predicted octanol–water partition coefficient (Wildman–Crippen LogP) is 3.18. The number of halogens is 1. The van der Waals surface area contributed by atoms with Crippen LogP contribution in [0.1, 0.15) is 0 Å². The van der Waals surface area contributed by atoms with E-state index in [1.807, 2.05) is 12.1 Å². The molecule has 0 N–H and O–H groups in total. The van der Waals surface area contributed by atoms with Crippen LogP contribution in [0.25, 0.3) is 5.65 Å². The van der Waals surface area contributed by atoms with E-state index in [4.69, 9.17) is 16.3 Å². The fourth-order valence-electron chi connectivity index (χ4n) is 1.53. The summed E-state index contributed by atoms with van der Waals surface area (Å²) < 4.78 is 7.32. The Balaban J connectivity index is 2.06. The summed E-state index contributed by atoms with van der Waals surface area (Å²) in [5.41, 5.74) is 0.731. The third-order valence-electron chi connectivity index (χ3n) is 2.31. The molecule has 1 aromatic carbocycles. The van der Waals surface area contributed by atoms with Gasteiger partial charge in [-0.15, -0.1) is 0 Å². The minimum atomic E-state index is 0.560. The Bertz CT molecular complexity index is 665. The molecule has 0 bridgehead atoms. The third kappa shape index (κ3) is 1.83. The van der Waals surface area contributed by atoms with Crippen molar-refractivity contribution in [1.82, 2.24) is 14.6 Å². The van der Waals surface area contributed by atoms with Crippen molar-refractivity contribution in [2.24, 2.45) is 0 Å². The van der Waals surface area contributed by atoms with Crippen LogP contribution in [0.4, 0.5) is 0 Å². The van der Waals surface area contributed by atoms with Crippen LogP contribution >= 0.6 is 11.6 Å². The van der Waals surface area contributed by atoms with E-state index in [1.165, 1.54) is 0 Å². The average Bonchev–Trinajstić information content (AvgIpc) is 2.81. The first kappa shape index (κ1) is 10.1. The zero-order valence-electron chi connectivity index (χ0n) is 8.75. The summed E-state index contributed by atoms with van der Waals surface area (Å²) in [5, 5.41) is 4.69. The van der Waals surface area contributed by atoms with Gasteiger partial charge in [0.2, 0.25) is 5.88 Å². The number of hydrogen-bond donors (Lipinski definition) is 0. The van der Waals surface area contributed by atoms with E-state index in [0.29, 0.717) is 16.7 Å². The van der Waals surface area contributed by atoms with Crippen LogP contribution in [0, 0.1) is 0 Å². The molecule has 0 aliphatic heterocycles. The van der Waals surface area contributed by atoms with Gasteiger partial charge < -0.3 is 4.74 Å². The van der Waals surface area contributed by atoms with Gasteiger partial charge in [0.25, 0.3) is 0 Å². The standard InChI is InChI=1S/C12H8ClN3O/c13-9-3-1-2-4-10(9)17-12-6-7-14-11-5-8-15-16(11)12/h1-8H. The van der Waals surface area contributed by atoms with Crippen molar-refractivity contribution in [1.29, 1.82) is 0 Å². The first-order valence-electron chi connectivity index (χ1n) is 5.06. The molecule has 0 unspecified atom stereocenters. The lowest BCUT2D eigenvalue weighted by molar-refractivity contribution is 0.446. The van der Waals surface area contributed by atoms with Crippen LogP contribution < -0.4 is 4.74 Å². The number of nitrogens with zero attached hydrogens (tertiary/aromatic N) is 3. The molecule has 0 radical (unpaired) electrons. The molecular weight excluding hydrogens is 238 g/mol. The molecule has 0 amide bonds. The molecule has 0 saturated heterocycles. The summed E-state index contributed by atoms with van der Waals surface area (Å²) in [6.07, 6.45) is 3.34. The van der Waals surface area contributed by atoms with Gasteiger partial charge in [0.05, 0.1) is 11.2 Å². The summed E-state index contributed by atoms with van der Waals surface area (Å²) in [6, 6.07) is 10.8. The summed E-state index contributed by atoms with van der Waals surface area (Å²) >= 11 is 6.03. The van der Waals surface area contributed by atoms with Gasteiger partial charge in [0.15, 0.2) is 5.65 Å². The Morgan fingerprint density at radius 2 is 1.94 bits per heavy atom. The van der Waals surface area contributed by atoms with Gasteiger partial charge in [-0.2, -0.15) is 9.61 Å². The van der Waals surface area contributed by atoms with Gasteiger partial charge in [-0.3, -0.25) is 0 Å². The summed E-state index contributed by atoms with van der Waals surface area (Å²) in [6.45, 7) is 0. The normalized spacial score (nSPS) is 10.6. The molecule has 0 aliphatic carbocycles. The molecule has 2 heterocycles. The highest BCUT2D eigenvalue weighted by Crippen LogP contribution is 2.28. The Hall–Kier alpha value is -2.07. The van der Waals surface area contributed by atoms with Crippen molar-refractivity contribution < 1.29 is 4.74 Å². The van der Waals surface area contributed by atoms with E-state index in [1.54, 1.807) is 41.2 Å². The summed E-state index contributed by atoms with van der Waals surface area (Å²) in [4.78, 5) is 4.15. The zero-order valence-corrected chi connectivity index (χ0v) is 9.50. The minimum absolute atomic E-state index is 0.560. The van der Waals surface area contributed by atoms with Crippen molar-refractivity contribution in [2.75, 3.05) is 0 Å². The fraction of sp³-hybridized carbons (Fsp3) is 0. The maximum atomic E-state index is 6.03. The van der Waals surface area contributed by atoms with E-state index in [9.17, 15) is 0 Å². The van der Waals surface area contributed by atoms with Gasteiger partial charge in [-0.25, -0.2) is 4.98 Å². The highest BCUT2D eigenvalue weighted by Gasteiger charge is 2.06. The first-order chi connectivity index (χ1) is 8.34. The lowest BCUT2D eigenvalue weighted by Gasteiger charge is -2.07. The molecule has 2 aromatic heterocycles. The highest BCUT2D eigenvalue weighted by molar-refractivity contribution is 6.32. The molecule has 0 atom stereocenters. The molecule has 3 rings (SSSR count). The van der Waals surface area contributed by atoms with E-state index in [-0.39, 0.29) is 0 Å². The minimum Gasteiger partial charge on any atom is -0.437 e. The van der Waals surface area contributed by atoms with Crippen LogP contribution in [-0.4, -0.2) is 14.6 Å². The summed E-state index contributed by atoms with van der Waals surface area (Å²) in [7, 11) is 0. The SMILES string of the molecule is Clc1ccccc1Oc1ccnc2ccnn12. The first-order valence-corrected chi connectivity index (χ1v) is 5.43. The number of fused-ring (bicyclic) bond motifs is 1. The Morgan fingerprint density at radius 1 is 1.06 bits per heavy atom. The number of ether oxygens (including phenoxy) is 1. The van der Waals surface area contributed by atoms with Crippen molar-refractivity contribution in [3.8, 4) is 11.6 Å². The van der Waals surface area contributed by atoms with Gasteiger partial charge in [-0.05, 0) is 12.1 Å². The predicted molar refractivity (Wildman–Crippen MR) is 64.5 cm³/mol. The molecular formula is C12H8ClN3O. The molecule has 0 spiro atoms. The third-order valence-corrected chi connectivity index (χ3v) is 2.62. The van der Waals surface area contributed by atoms with E-state index >= 15 is 0 Å². The van der Waals surface area contributed by atoms with Crippen LogP contribution in [0.5, 0.6) is 11.6 Å². The van der Waals surface area contributed by atoms with Gasteiger partial charge >= 0.3 is 0 Å². The van der Waals surface area contributed by atoms with Crippen molar-refractivity contribution in [2.45, 2.75) is 0 Å². The molecule has 0 aliphatic rings. The van der Waals surface area contributed by atoms with Crippen LogP contribution in [0.15, 0.2) is 48.8 Å². The quantitative estimate of drug-likeness (QED) is 0.696. The Kier molecular flexibility index (Phi) is 2.42.